The van der Waals surface area contributed by atoms with E-state index in [2.05, 4.69) is 20.6 Å². The van der Waals surface area contributed by atoms with Crippen molar-refractivity contribution in [3.8, 4) is 11.5 Å². The number of carbonyl (C=O) groups is 1. The van der Waals surface area contributed by atoms with Crippen molar-refractivity contribution in [3.05, 3.63) is 11.8 Å². The third-order valence-electron chi connectivity index (χ3n) is 2.79. The molecule has 0 aromatic carbocycles. The fourth-order valence-electron chi connectivity index (χ4n) is 1.80. The zero-order chi connectivity index (χ0) is 13.8. The minimum atomic E-state index is -0.875. The van der Waals surface area contributed by atoms with Crippen LogP contribution in [0.1, 0.15) is 26.0 Å². The Morgan fingerprint density at radius 2 is 2.16 bits per heavy atom. The van der Waals surface area contributed by atoms with E-state index in [9.17, 15) is 4.79 Å². The van der Waals surface area contributed by atoms with E-state index in [1.807, 2.05) is 24.6 Å². The van der Waals surface area contributed by atoms with Gasteiger partial charge in [-0.05, 0) is 29.8 Å². The van der Waals surface area contributed by atoms with Gasteiger partial charge in [0.25, 0.3) is 0 Å². The summed E-state index contributed by atoms with van der Waals surface area (Å²) < 4.78 is 3.32. The fraction of sp³-hybridized carbons (Fsp3) is 0.545. The van der Waals surface area contributed by atoms with Crippen molar-refractivity contribution in [2.24, 2.45) is 0 Å². The van der Waals surface area contributed by atoms with Gasteiger partial charge in [0.2, 0.25) is 0 Å². The lowest BCUT2D eigenvalue weighted by Crippen LogP contribution is -2.10. The first-order valence-corrected chi connectivity index (χ1v) is 6.20. The van der Waals surface area contributed by atoms with E-state index in [0.717, 1.165) is 17.8 Å². The van der Waals surface area contributed by atoms with Crippen LogP contribution in [0.4, 0.5) is 0 Å². The number of aliphatic carboxylic acids is 1. The molecule has 8 nitrogen and oxygen atoms in total. The number of carboxylic acids is 1. The highest BCUT2D eigenvalue weighted by atomic mass is 16.4. The summed E-state index contributed by atoms with van der Waals surface area (Å²) in [7, 11) is 0. The minimum Gasteiger partial charge on any atom is -0.481 e. The van der Waals surface area contributed by atoms with E-state index >= 15 is 0 Å². The smallest absolute Gasteiger partial charge is 0.305 e. The molecular weight excluding hydrogens is 248 g/mol. The van der Waals surface area contributed by atoms with Gasteiger partial charge in [0.05, 0.1) is 18.7 Å². The number of rotatable bonds is 6. The van der Waals surface area contributed by atoms with Crippen molar-refractivity contribution in [1.29, 1.82) is 0 Å². The highest BCUT2D eigenvalue weighted by Crippen LogP contribution is 2.18. The number of hydrogen-bond donors (Lipinski definition) is 1. The van der Waals surface area contributed by atoms with E-state index in [-0.39, 0.29) is 13.0 Å². The van der Waals surface area contributed by atoms with Gasteiger partial charge in [0.15, 0.2) is 5.82 Å². The Morgan fingerprint density at radius 1 is 1.37 bits per heavy atom. The van der Waals surface area contributed by atoms with Gasteiger partial charge < -0.3 is 5.11 Å². The quantitative estimate of drug-likeness (QED) is 0.820. The molecule has 0 bridgehead atoms. The maximum atomic E-state index is 10.6. The van der Waals surface area contributed by atoms with Crippen molar-refractivity contribution in [3.63, 3.8) is 0 Å². The molecule has 0 aliphatic rings. The molecule has 2 aromatic heterocycles. The summed E-state index contributed by atoms with van der Waals surface area (Å²) >= 11 is 0. The lowest BCUT2D eigenvalue weighted by Gasteiger charge is -2.04. The number of carboxylic acid groups (broad SMARTS) is 1. The third kappa shape index (κ3) is 2.78. The molecule has 0 unspecified atom stereocenters. The highest BCUT2D eigenvalue weighted by Gasteiger charge is 2.15. The summed E-state index contributed by atoms with van der Waals surface area (Å²) in [4.78, 5) is 10.6. The minimum absolute atomic E-state index is 0.0149. The van der Waals surface area contributed by atoms with Gasteiger partial charge in [-0.2, -0.15) is 5.10 Å². The Labute approximate surface area is 110 Å². The van der Waals surface area contributed by atoms with Crippen LogP contribution in [0.15, 0.2) is 6.07 Å². The second kappa shape index (κ2) is 5.59. The molecule has 0 atom stereocenters. The second-order valence-electron chi connectivity index (χ2n) is 4.06. The predicted molar refractivity (Wildman–Crippen MR) is 66.3 cm³/mol. The van der Waals surface area contributed by atoms with Crippen molar-refractivity contribution in [2.75, 3.05) is 0 Å². The zero-order valence-electron chi connectivity index (χ0n) is 10.9. The molecule has 102 valence electrons. The van der Waals surface area contributed by atoms with Crippen molar-refractivity contribution >= 4 is 5.97 Å². The molecule has 0 saturated heterocycles. The van der Waals surface area contributed by atoms with Crippen LogP contribution >= 0.6 is 0 Å². The Morgan fingerprint density at radius 3 is 2.79 bits per heavy atom. The van der Waals surface area contributed by atoms with Gasteiger partial charge in [-0.3, -0.25) is 9.48 Å². The molecule has 2 rings (SSSR count). The second-order valence-corrected chi connectivity index (χ2v) is 4.06. The lowest BCUT2D eigenvalue weighted by molar-refractivity contribution is -0.137. The van der Waals surface area contributed by atoms with Crippen LogP contribution in [-0.2, 0) is 24.3 Å². The molecule has 2 aromatic rings. The topological polar surface area (TPSA) is 98.7 Å². The van der Waals surface area contributed by atoms with E-state index in [1.165, 1.54) is 4.68 Å². The predicted octanol–water partition coefficient (Wildman–Crippen LogP) is 0.594. The first kappa shape index (κ1) is 13.2. The number of aryl methyl sites for hydroxylation is 3. The van der Waals surface area contributed by atoms with Gasteiger partial charge in [-0.15, -0.1) is 5.10 Å². The molecule has 0 fully saturated rings. The monoisotopic (exact) mass is 264 g/mol. The molecule has 0 saturated carbocycles. The highest BCUT2D eigenvalue weighted by molar-refractivity contribution is 5.66. The molecule has 0 aliphatic carbocycles. The Bertz CT molecular complexity index is 574. The van der Waals surface area contributed by atoms with E-state index in [1.54, 1.807) is 0 Å². The average Bonchev–Trinajstić information content (AvgIpc) is 3.01. The number of nitrogens with zero attached hydrogens (tertiary/aromatic N) is 6. The Hall–Kier alpha value is -2.25. The van der Waals surface area contributed by atoms with Crippen LogP contribution in [-0.4, -0.2) is 41.1 Å². The normalized spacial score (nSPS) is 10.8. The summed E-state index contributed by atoms with van der Waals surface area (Å²) in [5.41, 5.74) is 1.78. The largest absolute Gasteiger partial charge is 0.481 e. The van der Waals surface area contributed by atoms with E-state index in [0.29, 0.717) is 12.4 Å². The van der Waals surface area contributed by atoms with Crippen LogP contribution in [0.25, 0.3) is 11.5 Å². The van der Waals surface area contributed by atoms with Gasteiger partial charge >= 0.3 is 5.97 Å². The van der Waals surface area contributed by atoms with Crippen LogP contribution < -0.4 is 0 Å². The van der Waals surface area contributed by atoms with Gasteiger partial charge in [0, 0.05) is 6.54 Å². The number of hydrogen-bond acceptors (Lipinski definition) is 5. The van der Waals surface area contributed by atoms with Gasteiger partial charge in [-0.1, -0.05) is 6.92 Å². The summed E-state index contributed by atoms with van der Waals surface area (Å²) in [6.45, 7) is 4.97. The molecule has 0 radical (unpaired) electrons. The fourth-order valence-corrected chi connectivity index (χ4v) is 1.80. The number of tetrazole rings is 1. The molecule has 2 heterocycles. The first-order chi connectivity index (χ1) is 9.15. The molecule has 19 heavy (non-hydrogen) atoms. The Kier molecular flexibility index (Phi) is 3.88. The summed E-state index contributed by atoms with van der Waals surface area (Å²) in [6.07, 6.45) is 0.815. The number of aromatic nitrogens is 6. The summed E-state index contributed by atoms with van der Waals surface area (Å²) in [6, 6.07) is 1.94. The maximum absolute atomic E-state index is 10.6. The molecule has 8 heteroatoms. The summed E-state index contributed by atoms with van der Waals surface area (Å²) in [5, 5.41) is 24.6. The van der Waals surface area contributed by atoms with Crippen LogP contribution in [0.5, 0.6) is 0 Å². The van der Waals surface area contributed by atoms with Crippen LogP contribution in [0.2, 0.25) is 0 Å². The molecule has 1 N–H and O–H groups in total. The third-order valence-corrected chi connectivity index (χ3v) is 2.79. The Balaban J connectivity index is 2.33. The van der Waals surface area contributed by atoms with Crippen molar-refractivity contribution < 1.29 is 9.90 Å². The molecule has 0 spiro atoms. The molecule has 0 amide bonds. The van der Waals surface area contributed by atoms with E-state index < -0.39 is 5.97 Å². The summed E-state index contributed by atoms with van der Waals surface area (Å²) in [5.74, 6) is -0.324. The van der Waals surface area contributed by atoms with E-state index in [4.69, 9.17) is 5.11 Å². The standard InChI is InChI=1S/C11H16N6O2/c1-3-8-7-9(16(4-2)13-8)11-12-14-15-17(11)6-5-10(18)19/h7H,3-6H2,1-2H3,(H,18,19). The van der Waals surface area contributed by atoms with Gasteiger partial charge in [-0.25, -0.2) is 4.68 Å². The van der Waals surface area contributed by atoms with Crippen LogP contribution in [0, 0.1) is 0 Å². The maximum Gasteiger partial charge on any atom is 0.305 e. The SMILES string of the molecule is CCc1cc(-c2nnnn2CCC(=O)O)n(CC)n1. The molecular formula is C11H16N6O2. The van der Waals surface area contributed by atoms with Crippen molar-refractivity contribution in [2.45, 2.75) is 39.8 Å². The lowest BCUT2D eigenvalue weighted by atomic mass is 10.3. The van der Waals surface area contributed by atoms with Crippen LogP contribution in [0.3, 0.4) is 0 Å². The first-order valence-electron chi connectivity index (χ1n) is 6.20. The van der Waals surface area contributed by atoms with Crippen molar-refractivity contribution in [1.82, 2.24) is 30.0 Å². The zero-order valence-corrected chi connectivity index (χ0v) is 10.9. The average molecular weight is 264 g/mol. The molecule has 0 aliphatic heterocycles. The van der Waals surface area contributed by atoms with Gasteiger partial charge in [0.1, 0.15) is 5.69 Å².